The molecule has 20 heavy (non-hydrogen) atoms. The summed E-state index contributed by atoms with van der Waals surface area (Å²) in [7, 11) is 0. The molecule has 0 saturated heterocycles. The van der Waals surface area contributed by atoms with E-state index in [4.69, 9.17) is 5.11 Å². The molecule has 0 bridgehead atoms. The van der Waals surface area contributed by atoms with Gasteiger partial charge in [0.15, 0.2) is 0 Å². The predicted molar refractivity (Wildman–Crippen MR) is 82.9 cm³/mol. The molecule has 1 saturated carbocycles. The lowest BCUT2D eigenvalue weighted by molar-refractivity contribution is -0.137. The summed E-state index contributed by atoms with van der Waals surface area (Å²) < 4.78 is 0. The molecule has 0 aliphatic heterocycles. The van der Waals surface area contributed by atoms with Crippen LogP contribution < -0.4 is 0 Å². The highest BCUT2D eigenvalue weighted by Crippen LogP contribution is 2.23. The Morgan fingerprint density at radius 3 is 1.95 bits per heavy atom. The summed E-state index contributed by atoms with van der Waals surface area (Å²) in [6.07, 6.45) is 13.4. The smallest absolute Gasteiger partial charge is 0.303 e. The maximum absolute atomic E-state index is 10.8. The molecular weight excluding hydrogens is 252 g/mol. The Hall–Kier alpha value is -0.860. The van der Waals surface area contributed by atoms with E-state index < -0.39 is 5.97 Å². The molecule has 0 aromatic rings. The van der Waals surface area contributed by atoms with Gasteiger partial charge in [-0.25, -0.2) is 0 Å². The van der Waals surface area contributed by atoms with Crippen molar-refractivity contribution in [3.8, 4) is 0 Å². The highest BCUT2D eigenvalue weighted by atomic mass is 16.4. The fourth-order valence-electron chi connectivity index (χ4n) is 2.57. The van der Waals surface area contributed by atoms with E-state index in [0.29, 0.717) is 18.1 Å². The van der Waals surface area contributed by atoms with Crippen molar-refractivity contribution in [3.05, 3.63) is 0 Å². The molecule has 3 heteroatoms. The van der Waals surface area contributed by atoms with Crippen molar-refractivity contribution in [2.45, 2.75) is 90.9 Å². The molecule has 1 aliphatic rings. The van der Waals surface area contributed by atoms with Gasteiger partial charge in [-0.15, -0.1) is 0 Å². The van der Waals surface area contributed by atoms with Crippen LogP contribution in [-0.2, 0) is 9.59 Å². The lowest BCUT2D eigenvalue weighted by Crippen LogP contribution is -2.13. The van der Waals surface area contributed by atoms with Gasteiger partial charge in [-0.05, 0) is 26.2 Å². The van der Waals surface area contributed by atoms with E-state index in [1.54, 1.807) is 6.92 Å². The van der Waals surface area contributed by atoms with Gasteiger partial charge < -0.3 is 5.11 Å². The zero-order valence-electron chi connectivity index (χ0n) is 13.3. The summed E-state index contributed by atoms with van der Waals surface area (Å²) in [6, 6.07) is 0. The SMILES string of the molecule is CC(=O)C1CCCCC1.CCCCCCCCC(=O)O. The number of hydrogen-bond acceptors (Lipinski definition) is 2. The molecule has 0 amide bonds. The standard InChI is InChI=1S/C9H18O2.C8H14O/c1-2-3-4-5-6-7-8-9(10)11;1-7(9)8-5-3-2-4-6-8/h2-8H2,1H3,(H,10,11);8H,2-6H2,1H3. The molecule has 0 spiro atoms. The predicted octanol–water partition coefficient (Wildman–Crippen LogP) is 4.98. The highest BCUT2D eigenvalue weighted by molar-refractivity contribution is 5.78. The van der Waals surface area contributed by atoms with Gasteiger partial charge in [-0.1, -0.05) is 58.3 Å². The third kappa shape index (κ3) is 12.2. The fourth-order valence-corrected chi connectivity index (χ4v) is 2.57. The summed E-state index contributed by atoms with van der Waals surface area (Å²) >= 11 is 0. The maximum atomic E-state index is 10.8. The largest absolute Gasteiger partial charge is 0.481 e. The number of hydrogen-bond donors (Lipinski definition) is 1. The molecule has 3 nitrogen and oxygen atoms in total. The second kappa shape index (κ2) is 13.1. The zero-order valence-corrected chi connectivity index (χ0v) is 13.3. The Kier molecular flexibility index (Phi) is 12.6. The minimum atomic E-state index is -0.666. The van der Waals surface area contributed by atoms with Crippen LogP contribution in [0.5, 0.6) is 0 Å². The van der Waals surface area contributed by atoms with E-state index in [-0.39, 0.29) is 0 Å². The van der Waals surface area contributed by atoms with Crippen molar-refractivity contribution in [3.63, 3.8) is 0 Å². The first-order valence-corrected chi connectivity index (χ1v) is 8.30. The number of carboxylic acid groups (broad SMARTS) is 1. The molecule has 1 aliphatic carbocycles. The summed E-state index contributed by atoms with van der Waals surface area (Å²) in [5.74, 6) is 0.147. The van der Waals surface area contributed by atoms with Crippen LogP contribution in [0.25, 0.3) is 0 Å². The summed E-state index contributed by atoms with van der Waals surface area (Å²) in [5.41, 5.74) is 0. The number of aliphatic carboxylic acids is 1. The first-order chi connectivity index (χ1) is 9.57. The molecule has 0 heterocycles. The number of unbranched alkanes of at least 4 members (excludes halogenated alkanes) is 5. The van der Waals surface area contributed by atoms with Gasteiger partial charge in [0.2, 0.25) is 0 Å². The van der Waals surface area contributed by atoms with Crippen molar-refractivity contribution in [2.24, 2.45) is 5.92 Å². The van der Waals surface area contributed by atoms with Crippen LogP contribution in [0.2, 0.25) is 0 Å². The van der Waals surface area contributed by atoms with Crippen molar-refractivity contribution < 1.29 is 14.7 Å². The lowest BCUT2D eigenvalue weighted by atomic mass is 9.87. The summed E-state index contributed by atoms with van der Waals surface area (Å²) in [6.45, 7) is 3.90. The second-order valence-corrected chi connectivity index (χ2v) is 5.86. The van der Waals surface area contributed by atoms with Crippen molar-refractivity contribution in [1.29, 1.82) is 0 Å². The van der Waals surface area contributed by atoms with E-state index in [2.05, 4.69) is 6.92 Å². The van der Waals surface area contributed by atoms with Crippen LogP contribution in [0, 0.1) is 5.92 Å². The molecule has 118 valence electrons. The molecule has 1 N–H and O–H groups in total. The lowest BCUT2D eigenvalue weighted by Gasteiger charge is -2.17. The summed E-state index contributed by atoms with van der Waals surface area (Å²) in [4.78, 5) is 20.9. The zero-order chi connectivity index (χ0) is 15.2. The topological polar surface area (TPSA) is 54.4 Å². The molecule has 1 fully saturated rings. The number of carbonyl (C=O) groups excluding carboxylic acids is 1. The normalized spacial score (nSPS) is 15.3. The molecule has 0 unspecified atom stereocenters. The van der Waals surface area contributed by atoms with Gasteiger partial charge >= 0.3 is 5.97 Å². The van der Waals surface area contributed by atoms with Crippen LogP contribution in [0.1, 0.15) is 90.9 Å². The molecule has 0 radical (unpaired) electrons. The first kappa shape index (κ1) is 19.1. The minimum Gasteiger partial charge on any atom is -0.481 e. The van der Waals surface area contributed by atoms with Crippen molar-refractivity contribution >= 4 is 11.8 Å². The second-order valence-electron chi connectivity index (χ2n) is 5.86. The fraction of sp³-hybridized carbons (Fsp3) is 0.882. The first-order valence-electron chi connectivity index (χ1n) is 8.30. The number of ketones is 1. The Balaban J connectivity index is 0.000000367. The van der Waals surface area contributed by atoms with Gasteiger partial charge in [0.1, 0.15) is 5.78 Å². The highest BCUT2D eigenvalue weighted by Gasteiger charge is 2.16. The average Bonchev–Trinajstić information content (AvgIpc) is 2.44. The third-order valence-corrected chi connectivity index (χ3v) is 3.92. The molecular formula is C17H32O3. The monoisotopic (exact) mass is 284 g/mol. The Morgan fingerprint density at radius 2 is 1.50 bits per heavy atom. The van der Waals surface area contributed by atoms with Gasteiger partial charge in [0.05, 0.1) is 0 Å². The van der Waals surface area contributed by atoms with Gasteiger partial charge in [-0.3, -0.25) is 9.59 Å². The number of Topliss-reactive ketones (excluding diaryl/α,β-unsaturated/α-hetero) is 1. The van der Waals surface area contributed by atoms with Crippen LogP contribution in [0.15, 0.2) is 0 Å². The quantitative estimate of drug-likeness (QED) is 0.640. The maximum Gasteiger partial charge on any atom is 0.303 e. The number of rotatable bonds is 8. The number of carbonyl (C=O) groups is 2. The Morgan fingerprint density at radius 1 is 0.950 bits per heavy atom. The minimum absolute atomic E-state index is 0.339. The van der Waals surface area contributed by atoms with Crippen LogP contribution >= 0.6 is 0 Å². The van der Waals surface area contributed by atoms with Crippen molar-refractivity contribution in [2.75, 3.05) is 0 Å². The third-order valence-electron chi connectivity index (χ3n) is 3.92. The van der Waals surface area contributed by atoms with E-state index in [1.165, 1.54) is 44.9 Å². The van der Waals surface area contributed by atoms with Crippen molar-refractivity contribution in [1.82, 2.24) is 0 Å². The summed E-state index contributed by atoms with van der Waals surface area (Å²) in [5, 5.41) is 8.32. The van der Waals surface area contributed by atoms with E-state index >= 15 is 0 Å². The van der Waals surface area contributed by atoms with Gasteiger partial charge in [-0.2, -0.15) is 0 Å². The van der Waals surface area contributed by atoms with Gasteiger partial charge in [0.25, 0.3) is 0 Å². The molecule has 0 aromatic heterocycles. The molecule has 0 aromatic carbocycles. The van der Waals surface area contributed by atoms with Crippen LogP contribution in [-0.4, -0.2) is 16.9 Å². The molecule has 1 rings (SSSR count). The Bertz CT molecular complexity index is 255. The number of carboxylic acids is 1. The van der Waals surface area contributed by atoms with E-state index in [1.807, 2.05) is 0 Å². The van der Waals surface area contributed by atoms with Gasteiger partial charge in [0, 0.05) is 12.3 Å². The average molecular weight is 284 g/mol. The Labute approximate surface area is 124 Å². The van der Waals surface area contributed by atoms with E-state index in [9.17, 15) is 9.59 Å². The molecule has 0 atom stereocenters. The van der Waals surface area contributed by atoms with Crippen LogP contribution in [0.3, 0.4) is 0 Å². The van der Waals surface area contributed by atoms with Crippen LogP contribution in [0.4, 0.5) is 0 Å². The van der Waals surface area contributed by atoms with E-state index in [0.717, 1.165) is 25.7 Å².